The van der Waals surface area contributed by atoms with Crippen LogP contribution in [0.3, 0.4) is 0 Å². The number of nitrogens with one attached hydrogen (secondary N) is 1. The van der Waals surface area contributed by atoms with Gasteiger partial charge in [0.1, 0.15) is 0 Å². The highest BCUT2D eigenvalue weighted by molar-refractivity contribution is 5.94. The van der Waals surface area contributed by atoms with Crippen LogP contribution in [-0.4, -0.2) is 37.7 Å². The molecule has 1 aromatic carbocycles. The maximum absolute atomic E-state index is 11.7. The van der Waals surface area contributed by atoms with Crippen LogP contribution in [0.25, 0.3) is 0 Å². The second-order valence-corrected chi connectivity index (χ2v) is 3.98. The summed E-state index contributed by atoms with van der Waals surface area (Å²) in [5.41, 5.74) is 0.302. The fourth-order valence-electron chi connectivity index (χ4n) is 1.56. The second-order valence-electron chi connectivity index (χ2n) is 3.98. The van der Waals surface area contributed by atoms with Gasteiger partial charge >= 0.3 is 0 Å². The van der Waals surface area contributed by atoms with Crippen LogP contribution in [0.15, 0.2) is 30.6 Å². The first-order valence-electron chi connectivity index (χ1n) is 5.81. The van der Waals surface area contributed by atoms with E-state index in [0.29, 0.717) is 18.7 Å². The van der Waals surface area contributed by atoms with Gasteiger partial charge in [0.05, 0.1) is 6.20 Å². The Balaban J connectivity index is 1.79. The molecule has 7 nitrogen and oxygen atoms in total. The van der Waals surface area contributed by atoms with Crippen molar-refractivity contribution >= 4 is 5.91 Å². The van der Waals surface area contributed by atoms with E-state index in [0.717, 1.165) is 6.42 Å². The number of aryl methyl sites for hydroxylation is 1. The van der Waals surface area contributed by atoms with Gasteiger partial charge in [0.15, 0.2) is 11.5 Å². The standard InChI is InChI=1S/C12H14N4O3/c17-10-3-2-9(8-11(10)18)12(19)13-4-1-6-16-7-5-14-15-16/h2-3,5,7-8,17-18H,1,4,6H2,(H,13,19). The first-order chi connectivity index (χ1) is 9.16. The number of hydrogen-bond acceptors (Lipinski definition) is 5. The molecular formula is C12H14N4O3. The van der Waals surface area contributed by atoms with E-state index >= 15 is 0 Å². The highest BCUT2D eigenvalue weighted by Gasteiger charge is 2.07. The molecular weight excluding hydrogens is 248 g/mol. The fraction of sp³-hybridized carbons (Fsp3) is 0.250. The highest BCUT2D eigenvalue weighted by Crippen LogP contribution is 2.24. The SMILES string of the molecule is O=C(NCCCn1ccnn1)c1ccc(O)c(O)c1. The summed E-state index contributed by atoms with van der Waals surface area (Å²) >= 11 is 0. The summed E-state index contributed by atoms with van der Waals surface area (Å²) < 4.78 is 1.68. The van der Waals surface area contributed by atoms with Crippen LogP contribution < -0.4 is 5.32 Å². The molecule has 0 spiro atoms. The van der Waals surface area contributed by atoms with Crippen molar-refractivity contribution in [3.8, 4) is 11.5 Å². The lowest BCUT2D eigenvalue weighted by atomic mass is 10.2. The lowest BCUT2D eigenvalue weighted by Gasteiger charge is -2.06. The molecule has 0 saturated carbocycles. The van der Waals surface area contributed by atoms with E-state index in [1.807, 2.05) is 0 Å². The number of carbonyl (C=O) groups excluding carboxylic acids is 1. The van der Waals surface area contributed by atoms with Gasteiger partial charge in [-0.15, -0.1) is 5.10 Å². The Morgan fingerprint density at radius 3 is 2.84 bits per heavy atom. The molecule has 7 heteroatoms. The first-order valence-corrected chi connectivity index (χ1v) is 5.81. The van der Waals surface area contributed by atoms with Crippen molar-refractivity contribution in [2.24, 2.45) is 0 Å². The van der Waals surface area contributed by atoms with Gasteiger partial charge in [-0.1, -0.05) is 5.21 Å². The van der Waals surface area contributed by atoms with Gasteiger partial charge in [0, 0.05) is 24.8 Å². The summed E-state index contributed by atoms with van der Waals surface area (Å²) in [6, 6.07) is 3.95. The molecule has 0 atom stereocenters. The van der Waals surface area contributed by atoms with Gasteiger partial charge in [0.2, 0.25) is 0 Å². The van der Waals surface area contributed by atoms with Gasteiger partial charge in [0.25, 0.3) is 5.91 Å². The van der Waals surface area contributed by atoms with Gasteiger partial charge in [-0.2, -0.15) is 0 Å². The van der Waals surface area contributed by atoms with Crippen molar-refractivity contribution in [1.29, 1.82) is 0 Å². The summed E-state index contributed by atoms with van der Waals surface area (Å²) in [5.74, 6) is -0.855. The second kappa shape index (κ2) is 5.85. The van der Waals surface area contributed by atoms with Crippen LogP contribution in [0.2, 0.25) is 0 Å². The third kappa shape index (κ3) is 3.44. The molecule has 1 amide bonds. The molecule has 3 N–H and O–H groups in total. The molecule has 2 rings (SSSR count). The van der Waals surface area contributed by atoms with Crippen LogP contribution in [-0.2, 0) is 6.54 Å². The summed E-state index contributed by atoms with van der Waals surface area (Å²) in [6.45, 7) is 1.15. The van der Waals surface area contributed by atoms with Crippen LogP contribution in [0.1, 0.15) is 16.8 Å². The van der Waals surface area contributed by atoms with Gasteiger partial charge in [-0.05, 0) is 24.6 Å². The number of phenols is 2. The van der Waals surface area contributed by atoms with Crippen molar-refractivity contribution in [3.63, 3.8) is 0 Å². The number of phenolic OH excluding ortho intramolecular Hbond substituents is 2. The Morgan fingerprint density at radius 2 is 2.16 bits per heavy atom. The highest BCUT2D eigenvalue weighted by atomic mass is 16.3. The number of nitrogens with zero attached hydrogens (tertiary/aromatic N) is 3. The Kier molecular flexibility index (Phi) is 3.97. The number of carbonyl (C=O) groups is 1. The molecule has 0 aliphatic heterocycles. The molecule has 0 saturated heterocycles. The minimum absolute atomic E-state index is 0.247. The van der Waals surface area contributed by atoms with Crippen molar-refractivity contribution in [3.05, 3.63) is 36.2 Å². The average Bonchev–Trinajstić information content (AvgIpc) is 2.91. The monoisotopic (exact) mass is 262 g/mol. The Hall–Kier alpha value is -2.57. The van der Waals surface area contributed by atoms with Crippen LogP contribution in [0.4, 0.5) is 0 Å². The maximum Gasteiger partial charge on any atom is 0.251 e. The van der Waals surface area contributed by atoms with E-state index in [9.17, 15) is 9.90 Å². The Bertz CT molecular complexity index is 554. The zero-order chi connectivity index (χ0) is 13.7. The largest absolute Gasteiger partial charge is 0.504 e. The molecule has 1 heterocycles. The first kappa shape index (κ1) is 12.9. The molecule has 0 bridgehead atoms. The third-order valence-electron chi connectivity index (χ3n) is 2.56. The number of aromatic nitrogens is 3. The van der Waals surface area contributed by atoms with Gasteiger partial charge < -0.3 is 15.5 Å². The smallest absolute Gasteiger partial charge is 0.251 e. The van der Waals surface area contributed by atoms with E-state index in [1.54, 1.807) is 17.1 Å². The molecule has 0 aliphatic carbocycles. The lowest BCUT2D eigenvalue weighted by molar-refractivity contribution is 0.0952. The number of aromatic hydroxyl groups is 2. The van der Waals surface area contributed by atoms with E-state index in [4.69, 9.17) is 5.11 Å². The molecule has 0 unspecified atom stereocenters. The van der Waals surface area contributed by atoms with Crippen molar-refractivity contribution in [2.75, 3.05) is 6.54 Å². The average molecular weight is 262 g/mol. The fourth-order valence-corrected chi connectivity index (χ4v) is 1.56. The molecule has 2 aromatic rings. The molecule has 1 aromatic heterocycles. The normalized spacial score (nSPS) is 10.3. The number of amides is 1. The van der Waals surface area contributed by atoms with E-state index in [1.165, 1.54) is 18.2 Å². The van der Waals surface area contributed by atoms with E-state index < -0.39 is 0 Å². The molecule has 100 valence electrons. The minimum Gasteiger partial charge on any atom is -0.504 e. The summed E-state index contributed by atoms with van der Waals surface area (Å²) in [6.07, 6.45) is 4.07. The van der Waals surface area contributed by atoms with Crippen molar-refractivity contribution in [1.82, 2.24) is 20.3 Å². The third-order valence-corrected chi connectivity index (χ3v) is 2.56. The zero-order valence-corrected chi connectivity index (χ0v) is 10.2. The Morgan fingerprint density at radius 1 is 1.32 bits per heavy atom. The van der Waals surface area contributed by atoms with Crippen molar-refractivity contribution in [2.45, 2.75) is 13.0 Å². The zero-order valence-electron chi connectivity index (χ0n) is 10.2. The molecule has 19 heavy (non-hydrogen) atoms. The van der Waals surface area contributed by atoms with Gasteiger partial charge in [-0.3, -0.25) is 9.48 Å². The van der Waals surface area contributed by atoms with Crippen molar-refractivity contribution < 1.29 is 15.0 Å². The molecule has 0 fully saturated rings. The Labute approximate surface area is 109 Å². The van der Waals surface area contributed by atoms with Crippen LogP contribution in [0.5, 0.6) is 11.5 Å². The number of hydrogen-bond donors (Lipinski definition) is 3. The number of benzene rings is 1. The summed E-state index contributed by atoms with van der Waals surface area (Å²) in [5, 5.41) is 28.6. The molecule has 0 radical (unpaired) electrons. The molecule has 0 aliphatic rings. The summed E-state index contributed by atoms with van der Waals surface area (Å²) in [7, 11) is 0. The summed E-state index contributed by atoms with van der Waals surface area (Å²) in [4.78, 5) is 11.7. The predicted octanol–water partition coefficient (Wildman–Crippen LogP) is 0.509. The lowest BCUT2D eigenvalue weighted by Crippen LogP contribution is -2.25. The quantitative estimate of drug-likeness (QED) is 0.538. The van der Waals surface area contributed by atoms with Crippen LogP contribution in [0, 0.1) is 0 Å². The van der Waals surface area contributed by atoms with Gasteiger partial charge in [-0.25, -0.2) is 0 Å². The van der Waals surface area contributed by atoms with Crippen LogP contribution >= 0.6 is 0 Å². The minimum atomic E-state index is -0.310. The predicted molar refractivity (Wildman–Crippen MR) is 66.7 cm³/mol. The van der Waals surface area contributed by atoms with E-state index in [-0.39, 0.29) is 17.4 Å². The topological polar surface area (TPSA) is 100 Å². The number of rotatable bonds is 5. The van der Waals surface area contributed by atoms with E-state index in [2.05, 4.69) is 15.6 Å². The maximum atomic E-state index is 11.7.